The van der Waals surface area contributed by atoms with E-state index >= 15 is 0 Å². The van der Waals surface area contributed by atoms with Crippen LogP contribution in [0.1, 0.15) is 5.56 Å². The quantitative estimate of drug-likeness (QED) is 0.790. The topological polar surface area (TPSA) is 63.8 Å². The molecule has 0 fully saturated rings. The minimum atomic E-state index is -0.0436. The molecule has 3 aromatic rings. The molecule has 96 valence electrons. The van der Waals surface area contributed by atoms with Crippen LogP contribution in [0.2, 0.25) is 0 Å². The number of nitrogens with zero attached hydrogens (tertiary/aromatic N) is 4. The average Bonchev–Trinajstić information content (AvgIpc) is 2.83. The van der Waals surface area contributed by atoms with Crippen molar-refractivity contribution in [3.05, 3.63) is 42.2 Å². The molecule has 0 saturated heterocycles. The second-order valence-electron chi connectivity index (χ2n) is 4.13. The molecule has 5 nitrogen and oxygen atoms in total. The van der Waals surface area contributed by atoms with Gasteiger partial charge >= 0.3 is 0 Å². The minimum absolute atomic E-state index is 0.0436. The zero-order valence-electron chi connectivity index (χ0n) is 10.3. The highest BCUT2D eigenvalue weighted by atomic mass is 32.2. The Morgan fingerprint density at radius 3 is 2.89 bits per heavy atom. The van der Waals surface area contributed by atoms with Crippen molar-refractivity contribution in [1.82, 2.24) is 19.7 Å². The van der Waals surface area contributed by atoms with Crippen LogP contribution in [0.15, 0.2) is 46.8 Å². The van der Waals surface area contributed by atoms with Gasteiger partial charge in [0.05, 0.1) is 12.1 Å². The third-order valence-electron chi connectivity index (χ3n) is 2.79. The zero-order valence-corrected chi connectivity index (χ0v) is 11.1. The average molecular weight is 272 g/mol. The molecule has 19 heavy (non-hydrogen) atoms. The number of aliphatic hydroxyl groups excluding tert-OH is 1. The molecule has 2 aromatic heterocycles. The molecule has 0 spiro atoms. The van der Waals surface area contributed by atoms with Gasteiger partial charge in [-0.25, -0.2) is 4.98 Å². The van der Waals surface area contributed by atoms with Crippen LogP contribution in [0.5, 0.6) is 0 Å². The first kappa shape index (κ1) is 12.1. The Morgan fingerprint density at radius 2 is 2.16 bits per heavy atom. The van der Waals surface area contributed by atoms with E-state index in [0.29, 0.717) is 0 Å². The molecule has 6 heteroatoms. The SMILES string of the molecule is Cn1cnnc1Sc1nc2ccccc2cc1CO. The maximum atomic E-state index is 9.48. The maximum Gasteiger partial charge on any atom is 0.197 e. The van der Waals surface area contributed by atoms with Gasteiger partial charge in [0, 0.05) is 18.0 Å². The van der Waals surface area contributed by atoms with Crippen LogP contribution in [-0.4, -0.2) is 24.9 Å². The Morgan fingerprint density at radius 1 is 1.32 bits per heavy atom. The van der Waals surface area contributed by atoms with Crippen molar-refractivity contribution in [3.63, 3.8) is 0 Å². The molecule has 0 aliphatic heterocycles. The summed E-state index contributed by atoms with van der Waals surface area (Å²) >= 11 is 1.41. The Hall–Kier alpha value is -1.92. The Kier molecular flexibility index (Phi) is 3.18. The van der Waals surface area contributed by atoms with Crippen LogP contribution < -0.4 is 0 Å². The Balaban J connectivity index is 2.09. The van der Waals surface area contributed by atoms with E-state index in [1.54, 1.807) is 6.33 Å². The Bertz CT molecular complexity index is 725. The lowest BCUT2D eigenvalue weighted by molar-refractivity contribution is 0.278. The van der Waals surface area contributed by atoms with E-state index < -0.39 is 0 Å². The van der Waals surface area contributed by atoms with E-state index in [4.69, 9.17) is 0 Å². The van der Waals surface area contributed by atoms with Crippen LogP contribution in [0.3, 0.4) is 0 Å². The van der Waals surface area contributed by atoms with E-state index in [1.807, 2.05) is 41.9 Å². The number of benzene rings is 1. The highest BCUT2D eigenvalue weighted by Crippen LogP contribution is 2.29. The normalized spacial score (nSPS) is 11.1. The smallest absolute Gasteiger partial charge is 0.197 e. The predicted molar refractivity (Wildman–Crippen MR) is 72.8 cm³/mol. The molecular weight excluding hydrogens is 260 g/mol. The molecule has 0 amide bonds. The second kappa shape index (κ2) is 4.99. The summed E-state index contributed by atoms with van der Waals surface area (Å²) in [4.78, 5) is 4.58. The molecule has 0 aliphatic carbocycles. The fraction of sp³-hybridized carbons (Fsp3) is 0.154. The van der Waals surface area contributed by atoms with E-state index in [0.717, 1.165) is 26.6 Å². The van der Waals surface area contributed by atoms with E-state index in [1.165, 1.54) is 11.8 Å². The number of pyridine rings is 1. The van der Waals surface area contributed by atoms with Gasteiger partial charge in [-0.1, -0.05) is 18.2 Å². The van der Waals surface area contributed by atoms with Crippen molar-refractivity contribution in [1.29, 1.82) is 0 Å². The van der Waals surface area contributed by atoms with E-state index in [2.05, 4.69) is 15.2 Å². The predicted octanol–water partition coefficient (Wildman–Crippen LogP) is 2.01. The van der Waals surface area contributed by atoms with Crippen LogP contribution >= 0.6 is 11.8 Å². The zero-order chi connectivity index (χ0) is 13.2. The van der Waals surface area contributed by atoms with Crippen molar-refractivity contribution in [2.24, 2.45) is 7.05 Å². The number of hydrogen-bond donors (Lipinski definition) is 1. The van der Waals surface area contributed by atoms with Gasteiger partial charge in [-0.15, -0.1) is 10.2 Å². The molecule has 0 atom stereocenters. The summed E-state index contributed by atoms with van der Waals surface area (Å²) in [5.74, 6) is 0. The molecule has 2 heterocycles. The van der Waals surface area contributed by atoms with Gasteiger partial charge in [-0.05, 0) is 23.9 Å². The molecular formula is C13H12N4OS. The lowest BCUT2D eigenvalue weighted by Crippen LogP contribution is -1.95. The van der Waals surface area contributed by atoms with Crippen molar-refractivity contribution in [2.45, 2.75) is 16.8 Å². The van der Waals surface area contributed by atoms with Gasteiger partial charge in [-0.3, -0.25) is 0 Å². The first-order valence-electron chi connectivity index (χ1n) is 5.79. The number of fused-ring (bicyclic) bond motifs is 1. The van der Waals surface area contributed by atoms with Crippen molar-refractivity contribution >= 4 is 22.7 Å². The summed E-state index contributed by atoms with van der Waals surface area (Å²) in [5, 5.41) is 19.9. The molecule has 0 bridgehead atoms. The van der Waals surface area contributed by atoms with Gasteiger partial charge < -0.3 is 9.67 Å². The summed E-state index contributed by atoms with van der Waals surface area (Å²) in [6.45, 7) is -0.0436. The van der Waals surface area contributed by atoms with Crippen LogP contribution in [0, 0.1) is 0 Å². The third kappa shape index (κ3) is 2.32. The highest BCUT2D eigenvalue weighted by molar-refractivity contribution is 7.99. The van der Waals surface area contributed by atoms with E-state index in [-0.39, 0.29) is 6.61 Å². The molecule has 1 aromatic carbocycles. The van der Waals surface area contributed by atoms with Crippen molar-refractivity contribution in [3.8, 4) is 0 Å². The molecule has 1 N–H and O–H groups in total. The summed E-state index contributed by atoms with van der Waals surface area (Å²) < 4.78 is 1.82. The maximum absolute atomic E-state index is 9.48. The lowest BCUT2D eigenvalue weighted by atomic mass is 10.2. The van der Waals surface area contributed by atoms with Crippen LogP contribution in [-0.2, 0) is 13.7 Å². The van der Waals surface area contributed by atoms with Crippen molar-refractivity contribution in [2.75, 3.05) is 0 Å². The third-order valence-corrected chi connectivity index (χ3v) is 3.89. The highest BCUT2D eigenvalue weighted by Gasteiger charge is 2.11. The van der Waals surface area contributed by atoms with Gasteiger partial charge in [0.2, 0.25) is 0 Å². The number of aryl methyl sites for hydroxylation is 1. The first-order valence-corrected chi connectivity index (χ1v) is 6.61. The number of hydrogen-bond acceptors (Lipinski definition) is 5. The largest absolute Gasteiger partial charge is 0.392 e. The van der Waals surface area contributed by atoms with E-state index in [9.17, 15) is 5.11 Å². The van der Waals surface area contributed by atoms with Gasteiger partial charge in [0.15, 0.2) is 5.16 Å². The molecule has 3 rings (SSSR count). The molecule has 0 radical (unpaired) electrons. The fourth-order valence-electron chi connectivity index (χ4n) is 1.80. The lowest BCUT2D eigenvalue weighted by Gasteiger charge is -2.07. The number of rotatable bonds is 3. The van der Waals surface area contributed by atoms with Crippen molar-refractivity contribution < 1.29 is 5.11 Å². The molecule has 0 unspecified atom stereocenters. The van der Waals surface area contributed by atoms with Gasteiger partial charge in [0.25, 0.3) is 0 Å². The minimum Gasteiger partial charge on any atom is -0.392 e. The standard InChI is InChI=1S/C13H12N4OS/c1-17-8-14-16-13(17)19-12-10(7-18)6-9-4-2-3-5-11(9)15-12/h2-6,8,18H,7H2,1H3. The van der Waals surface area contributed by atoms with Gasteiger partial charge in [-0.2, -0.15) is 0 Å². The van der Waals surface area contributed by atoms with Gasteiger partial charge in [0.1, 0.15) is 11.4 Å². The summed E-state index contributed by atoms with van der Waals surface area (Å²) in [6, 6.07) is 9.81. The molecule has 0 saturated carbocycles. The summed E-state index contributed by atoms with van der Waals surface area (Å²) in [6.07, 6.45) is 1.64. The second-order valence-corrected chi connectivity index (χ2v) is 5.09. The van der Waals surface area contributed by atoms with Crippen LogP contribution in [0.25, 0.3) is 10.9 Å². The first-order chi connectivity index (χ1) is 9.28. The fourth-order valence-corrected chi connectivity index (χ4v) is 2.65. The Labute approximate surface area is 114 Å². The number of aromatic nitrogens is 4. The summed E-state index contributed by atoms with van der Waals surface area (Å²) in [5.41, 5.74) is 1.70. The van der Waals surface area contributed by atoms with Crippen LogP contribution in [0.4, 0.5) is 0 Å². The number of aliphatic hydroxyl groups is 1. The molecule has 0 aliphatic rings. The number of para-hydroxylation sites is 1. The monoisotopic (exact) mass is 272 g/mol. The summed E-state index contributed by atoms with van der Waals surface area (Å²) in [7, 11) is 1.88.